The van der Waals surface area contributed by atoms with Crippen molar-refractivity contribution in [3.8, 4) is 5.75 Å². The van der Waals surface area contributed by atoms with E-state index in [1.54, 1.807) is 31.4 Å². The molecule has 0 heterocycles. The highest BCUT2D eigenvalue weighted by molar-refractivity contribution is 7.89. The van der Waals surface area contributed by atoms with Crippen LogP contribution in [-0.4, -0.2) is 22.1 Å². The van der Waals surface area contributed by atoms with Crippen LogP contribution in [0, 0.1) is 17.8 Å². The maximum absolute atomic E-state index is 12.2. The molecule has 0 unspecified atom stereocenters. The highest BCUT2D eigenvalue weighted by Gasteiger charge is 2.21. The molecule has 5 heteroatoms. The Balaban J connectivity index is 2.78. The first-order chi connectivity index (χ1) is 9.27. The van der Waals surface area contributed by atoms with E-state index in [-0.39, 0.29) is 4.90 Å². The number of benzene rings is 1. The van der Waals surface area contributed by atoms with Gasteiger partial charge in [-0.05, 0) is 42.0 Å². The van der Waals surface area contributed by atoms with Gasteiger partial charge in [-0.25, -0.2) is 13.1 Å². The zero-order valence-electron chi connectivity index (χ0n) is 12.9. The van der Waals surface area contributed by atoms with Gasteiger partial charge in [0.1, 0.15) is 5.75 Å². The summed E-state index contributed by atoms with van der Waals surface area (Å²) in [7, 11) is -1.90. The van der Waals surface area contributed by atoms with Crippen molar-refractivity contribution in [1.29, 1.82) is 0 Å². The molecule has 0 atom stereocenters. The summed E-state index contributed by atoms with van der Waals surface area (Å²) in [4.78, 5) is 0.268. The van der Waals surface area contributed by atoms with Crippen LogP contribution in [0.5, 0.6) is 5.75 Å². The predicted molar refractivity (Wildman–Crippen MR) is 81.3 cm³/mol. The van der Waals surface area contributed by atoms with E-state index in [2.05, 4.69) is 32.4 Å². The van der Waals surface area contributed by atoms with Crippen LogP contribution in [0.3, 0.4) is 0 Å². The van der Waals surface area contributed by atoms with Gasteiger partial charge in [-0.3, -0.25) is 0 Å². The van der Waals surface area contributed by atoms with E-state index in [1.165, 1.54) is 0 Å². The first-order valence-corrected chi connectivity index (χ1v) is 8.40. The van der Waals surface area contributed by atoms with Gasteiger partial charge in [0.2, 0.25) is 10.0 Å². The minimum Gasteiger partial charge on any atom is -0.497 e. The van der Waals surface area contributed by atoms with E-state index in [4.69, 9.17) is 4.74 Å². The summed E-state index contributed by atoms with van der Waals surface area (Å²) < 4.78 is 32.2. The zero-order chi connectivity index (χ0) is 15.3. The SMILES string of the molecule is COc1ccc(S(=O)(=O)NCC(C(C)C)C(C)C)cc1. The van der Waals surface area contributed by atoms with Crippen molar-refractivity contribution in [2.24, 2.45) is 17.8 Å². The number of ether oxygens (including phenoxy) is 1. The molecule has 0 fully saturated rings. The lowest BCUT2D eigenvalue weighted by Gasteiger charge is -2.25. The molecule has 0 spiro atoms. The molecular weight excluding hydrogens is 274 g/mol. The van der Waals surface area contributed by atoms with Crippen LogP contribution in [0.2, 0.25) is 0 Å². The fourth-order valence-corrected chi connectivity index (χ4v) is 3.36. The van der Waals surface area contributed by atoms with E-state index in [9.17, 15) is 8.42 Å². The van der Waals surface area contributed by atoms with E-state index < -0.39 is 10.0 Å². The van der Waals surface area contributed by atoms with Crippen LogP contribution >= 0.6 is 0 Å². The first kappa shape index (κ1) is 17.0. The standard InChI is InChI=1S/C15H25NO3S/c1-11(2)15(12(3)4)10-16-20(17,18)14-8-6-13(19-5)7-9-14/h6-9,11-12,15-16H,10H2,1-5H3. The Morgan fingerprint density at radius 1 is 1.05 bits per heavy atom. The molecule has 0 aliphatic rings. The average Bonchev–Trinajstić information content (AvgIpc) is 2.38. The van der Waals surface area contributed by atoms with Crippen molar-refractivity contribution in [2.75, 3.05) is 13.7 Å². The topological polar surface area (TPSA) is 55.4 Å². The molecule has 0 aliphatic heterocycles. The molecule has 20 heavy (non-hydrogen) atoms. The molecule has 0 amide bonds. The molecule has 1 N–H and O–H groups in total. The number of hydrogen-bond donors (Lipinski definition) is 1. The first-order valence-electron chi connectivity index (χ1n) is 6.91. The van der Waals surface area contributed by atoms with E-state index in [1.807, 2.05) is 0 Å². The third-order valence-electron chi connectivity index (χ3n) is 3.59. The van der Waals surface area contributed by atoms with Crippen molar-refractivity contribution in [3.63, 3.8) is 0 Å². The molecule has 0 bridgehead atoms. The molecule has 0 aromatic heterocycles. The lowest BCUT2D eigenvalue weighted by atomic mass is 9.86. The normalized spacial score (nSPS) is 12.4. The second-order valence-electron chi connectivity index (χ2n) is 5.68. The van der Waals surface area contributed by atoms with Gasteiger partial charge in [0.05, 0.1) is 12.0 Å². The van der Waals surface area contributed by atoms with Gasteiger partial charge in [0.15, 0.2) is 0 Å². The Labute approximate surface area is 122 Å². The van der Waals surface area contributed by atoms with E-state index in [0.717, 1.165) is 0 Å². The van der Waals surface area contributed by atoms with Gasteiger partial charge in [-0.1, -0.05) is 27.7 Å². The van der Waals surface area contributed by atoms with Gasteiger partial charge in [0, 0.05) is 6.54 Å². The molecule has 0 saturated heterocycles. The summed E-state index contributed by atoms with van der Waals surface area (Å²) in [6.45, 7) is 8.93. The number of sulfonamides is 1. The zero-order valence-corrected chi connectivity index (χ0v) is 13.7. The van der Waals surface area contributed by atoms with Crippen molar-refractivity contribution < 1.29 is 13.2 Å². The van der Waals surface area contributed by atoms with Gasteiger partial charge in [0.25, 0.3) is 0 Å². The fourth-order valence-electron chi connectivity index (χ4n) is 2.29. The number of rotatable bonds is 7. The third kappa shape index (κ3) is 4.49. The fraction of sp³-hybridized carbons (Fsp3) is 0.600. The molecule has 1 aromatic rings. The molecular formula is C15H25NO3S. The smallest absolute Gasteiger partial charge is 0.240 e. The largest absolute Gasteiger partial charge is 0.497 e. The Bertz CT molecular complexity index is 498. The van der Waals surface area contributed by atoms with Crippen molar-refractivity contribution in [1.82, 2.24) is 4.72 Å². The van der Waals surface area contributed by atoms with Crippen LogP contribution in [0.25, 0.3) is 0 Å². The Kier molecular flexibility index (Phi) is 6.02. The minimum absolute atomic E-state index is 0.268. The lowest BCUT2D eigenvalue weighted by molar-refractivity contribution is 0.289. The van der Waals surface area contributed by atoms with Crippen LogP contribution < -0.4 is 9.46 Å². The lowest BCUT2D eigenvalue weighted by Crippen LogP contribution is -2.33. The molecule has 114 valence electrons. The summed E-state index contributed by atoms with van der Waals surface area (Å²) in [5, 5.41) is 0. The van der Waals surface area contributed by atoms with Gasteiger partial charge < -0.3 is 4.74 Å². The highest BCUT2D eigenvalue weighted by Crippen LogP contribution is 2.21. The van der Waals surface area contributed by atoms with Crippen LogP contribution in [0.4, 0.5) is 0 Å². The number of nitrogens with one attached hydrogen (secondary N) is 1. The predicted octanol–water partition coefficient (Wildman–Crippen LogP) is 2.90. The summed E-state index contributed by atoms with van der Waals surface area (Å²) in [5.74, 6) is 1.84. The third-order valence-corrected chi connectivity index (χ3v) is 5.03. The Hall–Kier alpha value is -1.07. The highest BCUT2D eigenvalue weighted by atomic mass is 32.2. The number of methoxy groups -OCH3 is 1. The van der Waals surface area contributed by atoms with E-state index >= 15 is 0 Å². The number of hydrogen-bond acceptors (Lipinski definition) is 3. The minimum atomic E-state index is -3.45. The maximum atomic E-state index is 12.2. The van der Waals surface area contributed by atoms with Crippen molar-refractivity contribution in [3.05, 3.63) is 24.3 Å². The van der Waals surface area contributed by atoms with Gasteiger partial charge in [-0.15, -0.1) is 0 Å². The summed E-state index contributed by atoms with van der Waals surface area (Å²) in [6.07, 6.45) is 0. The summed E-state index contributed by atoms with van der Waals surface area (Å²) in [5.41, 5.74) is 0. The Morgan fingerprint density at radius 2 is 1.55 bits per heavy atom. The van der Waals surface area contributed by atoms with E-state index in [0.29, 0.717) is 30.0 Å². The van der Waals surface area contributed by atoms with Crippen LogP contribution in [0.15, 0.2) is 29.2 Å². The molecule has 0 aliphatic carbocycles. The molecule has 4 nitrogen and oxygen atoms in total. The van der Waals surface area contributed by atoms with Gasteiger partial charge >= 0.3 is 0 Å². The molecule has 0 saturated carbocycles. The molecule has 1 aromatic carbocycles. The average molecular weight is 299 g/mol. The monoisotopic (exact) mass is 299 g/mol. The summed E-state index contributed by atoms with van der Waals surface area (Å²) in [6, 6.07) is 6.41. The van der Waals surface area contributed by atoms with Crippen LogP contribution in [0.1, 0.15) is 27.7 Å². The quantitative estimate of drug-likeness (QED) is 0.842. The second kappa shape index (κ2) is 7.09. The Morgan fingerprint density at radius 3 is 1.95 bits per heavy atom. The molecule has 0 radical (unpaired) electrons. The maximum Gasteiger partial charge on any atom is 0.240 e. The summed E-state index contributed by atoms with van der Waals surface area (Å²) >= 11 is 0. The van der Waals surface area contributed by atoms with Crippen molar-refractivity contribution in [2.45, 2.75) is 32.6 Å². The second-order valence-corrected chi connectivity index (χ2v) is 7.45. The van der Waals surface area contributed by atoms with Gasteiger partial charge in [-0.2, -0.15) is 0 Å². The van der Waals surface area contributed by atoms with Crippen LogP contribution in [-0.2, 0) is 10.0 Å². The molecule has 1 rings (SSSR count). The van der Waals surface area contributed by atoms with Crippen molar-refractivity contribution >= 4 is 10.0 Å².